The molecule has 0 spiro atoms. The number of fused-ring (bicyclic) bond motifs is 2. The van der Waals surface area contributed by atoms with Crippen LogP contribution in [0.4, 0.5) is 5.69 Å². The molecule has 0 atom stereocenters. The number of nitro groups is 1. The summed E-state index contributed by atoms with van der Waals surface area (Å²) >= 11 is 0. The molecule has 1 N–H and O–H groups in total. The van der Waals surface area contributed by atoms with Crippen LogP contribution in [0.1, 0.15) is 0 Å². The quantitative estimate of drug-likeness (QED) is 0.348. The maximum atomic E-state index is 12.8. The van der Waals surface area contributed by atoms with Crippen molar-refractivity contribution in [1.29, 1.82) is 0 Å². The highest BCUT2D eigenvalue weighted by Gasteiger charge is 2.19. The molecule has 0 bridgehead atoms. The first-order valence-electron chi connectivity index (χ1n) is 9.66. The lowest BCUT2D eigenvalue weighted by Gasteiger charge is -2.12. The number of rotatable bonds is 3. The maximum Gasteiger partial charge on any atom is 0.332 e. The van der Waals surface area contributed by atoms with Gasteiger partial charge in [0.25, 0.3) is 11.2 Å². The third-order valence-corrected chi connectivity index (χ3v) is 5.43. The van der Waals surface area contributed by atoms with Crippen LogP contribution in [0, 0.1) is 10.1 Å². The van der Waals surface area contributed by atoms with Gasteiger partial charge in [-0.1, -0.05) is 12.1 Å². The van der Waals surface area contributed by atoms with Gasteiger partial charge in [0, 0.05) is 37.4 Å². The van der Waals surface area contributed by atoms with Crippen molar-refractivity contribution in [2.24, 2.45) is 14.1 Å². The summed E-state index contributed by atoms with van der Waals surface area (Å²) in [4.78, 5) is 48.4. The molecule has 0 amide bonds. The van der Waals surface area contributed by atoms with Gasteiger partial charge in [-0.2, -0.15) is 0 Å². The number of H-pyrrole nitrogens is 1. The Kier molecular flexibility index (Phi) is 4.22. The van der Waals surface area contributed by atoms with Crippen molar-refractivity contribution in [2.45, 2.75) is 0 Å². The Morgan fingerprint density at radius 1 is 0.969 bits per heavy atom. The van der Waals surface area contributed by atoms with Gasteiger partial charge in [0.2, 0.25) is 0 Å². The normalized spacial score (nSPS) is 11.3. The number of imidazole rings is 1. The number of para-hydroxylation sites is 2. The van der Waals surface area contributed by atoms with Crippen molar-refractivity contribution < 1.29 is 4.92 Å². The van der Waals surface area contributed by atoms with Gasteiger partial charge >= 0.3 is 5.69 Å². The Balaban J connectivity index is 1.87. The number of hydrogen-bond acceptors (Lipinski definition) is 6. The zero-order valence-corrected chi connectivity index (χ0v) is 17.1. The van der Waals surface area contributed by atoms with E-state index in [9.17, 15) is 19.7 Å². The van der Waals surface area contributed by atoms with E-state index in [2.05, 4.69) is 15.0 Å². The summed E-state index contributed by atoms with van der Waals surface area (Å²) in [5.74, 6) is 0.491. The number of nitrogens with zero attached hydrogens (tertiary/aromatic N) is 5. The number of aromatic nitrogens is 5. The standard InChI is InChI=1S/C22H16N6O4/c1-26-20-15(21(29)27(2)22(26)30)11-14(19-23-16-5-3-4-6-17(16)24-19)18(25-20)12-7-9-13(10-8-12)28(31)32/h3-11H,1-2H3,(H,23,24). The Morgan fingerprint density at radius 2 is 1.69 bits per heavy atom. The molecule has 0 aliphatic rings. The first-order chi connectivity index (χ1) is 15.3. The fraction of sp³-hybridized carbons (Fsp3) is 0.0909. The second-order valence-corrected chi connectivity index (χ2v) is 7.37. The topological polar surface area (TPSA) is 129 Å². The van der Waals surface area contributed by atoms with Crippen LogP contribution in [0.3, 0.4) is 0 Å². The zero-order chi connectivity index (χ0) is 22.6. The van der Waals surface area contributed by atoms with Gasteiger partial charge < -0.3 is 4.98 Å². The summed E-state index contributed by atoms with van der Waals surface area (Å²) in [5.41, 5.74) is 2.31. The molecule has 10 heteroatoms. The van der Waals surface area contributed by atoms with Crippen LogP contribution in [0.25, 0.3) is 44.7 Å². The van der Waals surface area contributed by atoms with E-state index in [-0.39, 0.29) is 16.7 Å². The van der Waals surface area contributed by atoms with Gasteiger partial charge in [-0.05, 0) is 30.3 Å². The third-order valence-electron chi connectivity index (χ3n) is 5.43. The minimum atomic E-state index is -0.499. The molecule has 0 fully saturated rings. The number of aromatic amines is 1. The number of nitrogens with one attached hydrogen (secondary N) is 1. The maximum absolute atomic E-state index is 12.8. The van der Waals surface area contributed by atoms with Gasteiger partial charge in [-0.3, -0.25) is 24.0 Å². The Labute approximate surface area is 179 Å². The highest BCUT2D eigenvalue weighted by Crippen LogP contribution is 2.32. The van der Waals surface area contributed by atoms with Crippen molar-refractivity contribution >= 4 is 27.8 Å². The molecule has 32 heavy (non-hydrogen) atoms. The zero-order valence-electron chi connectivity index (χ0n) is 17.1. The molecule has 0 radical (unpaired) electrons. The van der Waals surface area contributed by atoms with Crippen LogP contribution < -0.4 is 11.2 Å². The molecule has 0 unspecified atom stereocenters. The molecule has 0 saturated carbocycles. The predicted octanol–water partition coefficient (Wildman–Crippen LogP) is 2.75. The van der Waals surface area contributed by atoms with E-state index >= 15 is 0 Å². The Morgan fingerprint density at radius 3 is 2.38 bits per heavy atom. The van der Waals surface area contributed by atoms with Crippen LogP contribution in [-0.4, -0.2) is 29.0 Å². The van der Waals surface area contributed by atoms with E-state index in [1.54, 1.807) is 18.2 Å². The number of aryl methyl sites for hydroxylation is 1. The lowest BCUT2D eigenvalue weighted by atomic mass is 10.0. The minimum absolute atomic E-state index is 0.0545. The molecular formula is C22H16N6O4. The Bertz CT molecular complexity index is 1630. The lowest BCUT2D eigenvalue weighted by molar-refractivity contribution is -0.384. The third kappa shape index (κ3) is 2.88. The minimum Gasteiger partial charge on any atom is -0.338 e. The predicted molar refractivity (Wildman–Crippen MR) is 119 cm³/mol. The summed E-state index contributed by atoms with van der Waals surface area (Å²) in [6.45, 7) is 0. The molecule has 5 aromatic rings. The highest BCUT2D eigenvalue weighted by atomic mass is 16.6. The van der Waals surface area contributed by atoms with E-state index in [0.717, 1.165) is 15.6 Å². The van der Waals surface area contributed by atoms with Gasteiger partial charge in [0.05, 0.1) is 27.0 Å². The van der Waals surface area contributed by atoms with E-state index < -0.39 is 16.2 Å². The molecular weight excluding hydrogens is 412 g/mol. The summed E-state index contributed by atoms with van der Waals surface area (Å²) in [6, 6.07) is 15.1. The summed E-state index contributed by atoms with van der Waals surface area (Å²) in [5, 5.41) is 11.3. The fourth-order valence-electron chi connectivity index (χ4n) is 3.72. The first-order valence-corrected chi connectivity index (χ1v) is 9.66. The molecule has 0 aliphatic carbocycles. The van der Waals surface area contributed by atoms with Crippen LogP contribution >= 0.6 is 0 Å². The number of benzene rings is 2. The SMILES string of the molecule is Cn1c(=O)c2cc(-c3nc4ccccc4[nH]3)c(-c3ccc([N+](=O)[O-])cc3)nc2n(C)c1=O. The number of nitro benzene ring substituents is 1. The molecule has 2 aromatic carbocycles. The highest BCUT2D eigenvalue weighted by molar-refractivity contribution is 5.90. The molecule has 158 valence electrons. The number of non-ortho nitro benzene ring substituents is 1. The molecule has 5 rings (SSSR count). The summed E-state index contributed by atoms with van der Waals surface area (Å²) < 4.78 is 2.33. The van der Waals surface area contributed by atoms with Gasteiger partial charge in [0.15, 0.2) is 0 Å². The monoisotopic (exact) mass is 428 g/mol. The summed E-state index contributed by atoms with van der Waals surface area (Å²) in [7, 11) is 2.95. The van der Waals surface area contributed by atoms with Gasteiger partial charge in [-0.15, -0.1) is 0 Å². The molecule has 0 aliphatic heterocycles. The van der Waals surface area contributed by atoms with E-state index in [0.29, 0.717) is 22.6 Å². The van der Waals surface area contributed by atoms with Crippen molar-refractivity contribution in [2.75, 3.05) is 0 Å². The molecule has 3 aromatic heterocycles. The van der Waals surface area contributed by atoms with Crippen molar-refractivity contribution in [1.82, 2.24) is 24.1 Å². The first kappa shape index (κ1) is 19.4. The molecule has 10 nitrogen and oxygen atoms in total. The average molecular weight is 428 g/mol. The van der Waals surface area contributed by atoms with Crippen LogP contribution in [0.15, 0.2) is 64.2 Å². The van der Waals surface area contributed by atoms with Crippen molar-refractivity contribution in [3.05, 3.63) is 85.5 Å². The van der Waals surface area contributed by atoms with Gasteiger partial charge in [0.1, 0.15) is 11.5 Å². The van der Waals surface area contributed by atoms with E-state index in [1.807, 2.05) is 24.3 Å². The second-order valence-electron chi connectivity index (χ2n) is 7.37. The molecule has 3 heterocycles. The average Bonchev–Trinajstić information content (AvgIpc) is 3.25. The summed E-state index contributed by atoms with van der Waals surface area (Å²) in [6.07, 6.45) is 0. The molecule has 0 saturated heterocycles. The lowest BCUT2D eigenvalue weighted by Crippen LogP contribution is -2.37. The number of pyridine rings is 1. The van der Waals surface area contributed by atoms with Crippen LogP contribution in [-0.2, 0) is 14.1 Å². The smallest absolute Gasteiger partial charge is 0.332 e. The number of hydrogen-bond donors (Lipinski definition) is 1. The van der Waals surface area contributed by atoms with Crippen LogP contribution in [0.5, 0.6) is 0 Å². The van der Waals surface area contributed by atoms with Crippen molar-refractivity contribution in [3.8, 4) is 22.6 Å². The van der Waals surface area contributed by atoms with E-state index in [1.165, 1.54) is 30.8 Å². The second kappa shape index (κ2) is 6.98. The Hall–Kier alpha value is -4.60. The van der Waals surface area contributed by atoms with Crippen LogP contribution in [0.2, 0.25) is 0 Å². The fourth-order valence-corrected chi connectivity index (χ4v) is 3.72. The largest absolute Gasteiger partial charge is 0.338 e. The van der Waals surface area contributed by atoms with Gasteiger partial charge in [-0.25, -0.2) is 14.8 Å². The van der Waals surface area contributed by atoms with Crippen molar-refractivity contribution in [3.63, 3.8) is 0 Å². The van der Waals surface area contributed by atoms with E-state index in [4.69, 9.17) is 0 Å².